The first kappa shape index (κ1) is 13.9. The van der Waals surface area contributed by atoms with Gasteiger partial charge in [0.05, 0.1) is 13.2 Å². The molecule has 1 aromatic carbocycles. The molecule has 0 aliphatic heterocycles. The van der Waals surface area contributed by atoms with Gasteiger partial charge in [-0.15, -0.1) is 0 Å². The first-order chi connectivity index (χ1) is 7.97. The Hall–Kier alpha value is -1.13. The first-order valence-corrected chi connectivity index (χ1v) is 5.72. The maximum atomic E-state index is 12.6. The van der Waals surface area contributed by atoms with Gasteiger partial charge in [-0.05, 0) is 38.1 Å². The highest BCUT2D eigenvalue weighted by atomic mass is 19.1. The van der Waals surface area contributed by atoms with Crippen molar-refractivity contribution in [2.45, 2.75) is 25.8 Å². The van der Waals surface area contributed by atoms with Gasteiger partial charge < -0.3 is 15.2 Å². The molecular weight excluding hydrogens is 221 g/mol. The molecule has 0 fully saturated rings. The van der Waals surface area contributed by atoms with Gasteiger partial charge in [-0.1, -0.05) is 0 Å². The molecule has 0 unspecified atom stereocenters. The van der Waals surface area contributed by atoms with Crippen LogP contribution in [0.3, 0.4) is 0 Å². The molecule has 2 N–H and O–H groups in total. The number of halogens is 1. The molecule has 0 aliphatic carbocycles. The first-order valence-electron chi connectivity index (χ1n) is 5.72. The maximum absolute atomic E-state index is 12.6. The molecule has 96 valence electrons. The topological polar surface area (TPSA) is 44.5 Å². The molecule has 0 atom stereocenters. The van der Waals surface area contributed by atoms with E-state index in [0.717, 1.165) is 6.42 Å². The summed E-state index contributed by atoms with van der Waals surface area (Å²) in [5, 5.41) is 0. The second-order valence-corrected chi connectivity index (χ2v) is 4.70. The predicted octanol–water partition coefficient (Wildman–Crippen LogP) is 2.35. The van der Waals surface area contributed by atoms with Crippen molar-refractivity contribution in [1.29, 1.82) is 0 Å². The molecule has 17 heavy (non-hydrogen) atoms. The summed E-state index contributed by atoms with van der Waals surface area (Å²) in [6.45, 7) is 5.53. The van der Waals surface area contributed by atoms with Crippen LogP contribution in [0.15, 0.2) is 24.3 Å². The van der Waals surface area contributed by atoms with Crippen molar-refractivity contribution in [1.82, 2.24) is 0 Å². The van der Waals surface area contributed by atoms with Gasteiger partial charge in [0.25, 0.3) is 0 Å². The molecule has 0 aliphatic rings. The Morgan fingerprint density at radius 3 is 2.41 bits per heavy atom. The number of hydrogen-bond donors (Lipinski definition) is 1. The van der Waals surface area contributed by atoms with Crippen molar-refractivity contribution in [3.8, 4) is 5.75 Å². The summed E-state index contributed by atoms with van der Waals surface area (Å²) in [5.41, 5.74) is 5.47. The van der Waals surface area contributed by atoms with E-state index in [4.69, 9.17) is 15.2 Å². The third-order valence-corrected chi connectivity index (χ3v) is 1.99. The molecule has 0 bridgehead atoms. The van der Waals surface area contributed by atoms with Crippen LogP contribution in [0.4, 0.5) is 4.39 Å². The molecule has 0 radical (unpaired) electrons. The Bertz CT molecular complexity index is 319. The van der Waals surface area contributed by atoms with Gasteiger partial charge in [0.1, 0.15) is 11.6 Å². The van der Waals surface area contributed by atoms with Gasteiger partial charge in [-0.2, -0.15) is 0 Å². The Labute approximate surface area is 102 Å². The minimum Gasteiger partial charge on any atom is -0.494 e. The third kappa shape index (κ3) is 6.92. The maximum Gasteiger partial charge on any atom is 0.123 e. The van der Waals surface area contributed by atoms with Crippen molar-refractivity contribution in [3.63, 3.8) is 0 Å². The zero-order valence-electron chi connectivity index (χ0n) is 10.4. The largest absolute Gasteiger partial charge is 0.494 e. The number of ether oxygens (including phenoxy) is 2. The molecule has 0 aromatic heterocycles. The molecule has 3 nitrogen and oxygen atoms in total. The highest BCUT2D eigenvalue weighted by molar-refractivity contribution is 5.21. The van der Waals surface area contributed by atoms with Crippen LogP contribution in [0.2, 0.25) is 0 Å². The summed E-state index contributed by atoms with van der Waals surface area (Å²) in [5.74, 6) is 0.413. The smallest absolute Gasteiger partial charge is 0.123 e. The van der Waals surface area contributed by atoms with Gasteiger partial charge in [0.15, 0.2) is 0 Å². The van der Waals surface area contributed by atoms with E-state index in [1.54, 1.807) is 12.1 Å². The number of benzene rings is 1. The molecule has 0 saturated heterocycles. The second kappa shape index (κ2) is 6.57. The number of nitrogens with two attached hydrogens (primary N) is 1. The minimum atomic E-state index is -0.294. The summed E-state index contributed by atoms with van der Waals surface area (Å²) < 4.78 is 23.4. The van der Waals surface area contributed by atoms with Gasteiger partial charge >= 0.3 is 0 Å². The van der Waals surface area contributed by atoms with E-state index < -0.39 is 0 Å². The highest BCUT2D eigenvalue weighted by Crippen LogP contribution is 2.11. The van der Waals surface area contributed by atoms with Crippen molar-refractivity contribution in [2.75, 3.05) is 19.8 Å². The second-order valence-electron chi connectivity index (χ2n) is 4.70. The number of rotatable bonds is 7. The van der Waals surface area contributed by atoms with Gasteiger partial charge in [0.2, 0.25) is 0 Å². The van der Waals surface area contributed by atoms with Crippen LogP contribution < -0.4 is 10.5 Å². The Morgan fingerprint density at radius 2 is 1.82 bits per heavy atom. The zero-order valence-corrected chi connectivity index (χ0v) is 10.4. The highest BCUT2D eigenvalue weighted by Gasteiger charge is 2.09. The molecule has 0 saturated carbocycles. The fourth-order valence-corrected chi connectivity index (χ4v) is 1.22. The van der Waals surface area contributed by atoms with E-state index in [2.05, 4.69) is 0 Å². The summed E-state index contributed by atoms with van der Waals surface area (Å²) in [6, 6.07) is 5.98. The lowest BCUT2D eigenvalue weighted by molar-refractivity contribution is 0.0870. The standard InChI is InChI=1S/C13H20FNO2/c1-13(2,15)10-16-8-3-9-17-12-6-4-11(14)5-7-12/h4-7H,3,8-10,15H2,1-2H3. The lowest BCUT2D eigenvalue weighted by atomic mass is 10.1. The SMILES string of the molecule is CC(C)(N)COCCCOc1ccc(F)cc1. The van der Waals surface area contributed by atoms with Crippen LogP contribution in [-0.2, 0) is 4.74 Å². The van der Waals surface area contributed by atoms with Gasteiger partial charge in [-0.3, -0.25) is 0 Å². The number of hydrogen-bond acceptors (Lipinski definition) is 3. The molecule has 4 heteroatoms. The quantitative estimate of drug-likeness (QED) is 0.745. The van der Waals surface area contributed by atoms with Gasteiger partial charge in [-0.25, -0.2) is 4.39 Å². The fourth-order valence-electron chi connectivity index (χ4n) is 1.22. The summed E-state index contributed by atoms with van der Waals surface area (Å²) in [6.07, 6.45) is 0.785. The molecular formula is C13H20FNO2. The van der Waals surface area contributed by atoms with E-state index in [9.17, 15) is 4.39 Å². The lowest BCUT2D eigenvalue weighted by Gasteiger charge is -2.18. The van der Waals surface area contributed by atoms with Crippen molar-refractivity contribution in [3.05, 3.63) is 30.1 Å². The van der Waals surface area contributed by atoms with Crippen molar-refractivity contribution >= 4 is 0 Å². The molecule has 1 rings (SSSR count). The van der Waals surface area contributed by atoms with E-state index in [0.29, 0.717) is 25.6 Å². The minimum absolute atomic E-state index is 0.258. The Morgan fingerprint density at radius 1 is 1.18 bits per heavy atom. The average molecular weight is 241 g/mol. The molecule has 1 aromatic rings. The zero-order chi connectivity index (χ0) is 12.7. The fraction of sp³-hybridized carbons (Fsp3) is 0.538. The molecule has 0 amide bonds. The normalized spacial score (nSPS) is 11.5. The van der Waals surface area contributed by atoms with Crippen molar-refractivity contribution < 1.29 is 13.9 Å². The van der Waals surface area contributed by atoms with Crippen LogP contribution in [0.25, 0.3) is 0 Å². The lowest BCUT2D eigenvalue weighted by Crippen LogP contribution is -2.37. The monoisotopic (exact) mass is 241 g/mol. The van der Waals surface area contributed by atoms with E-state index in [-0.39, 0.29) is 11.4 Å². The van der Waals surface area contributed by atoms with Crippen LogP contribution in [0, 0.1) is 5.82 Å². The van der Waals surface area contributed by atoms with Crippen LogP contribution in [0.1, 0.15) is 20.3 Å². The summed E-state index contributed by atoms with van der Waals surface area (Å²) in [4.78, 5) is 0. The Balaban J connectivity index is 2.07. The van der Waals surface area contributed by atoms with Crippen LogP contribution in [-0.4, -0.2) is 25.4 Å². The summed E-state index contributed by atoms with van der Waals surface area (Å²) in [7, 11) is 0. The molecule has 0 spiro atoms. The third-order valence-electron chi connectivity index (χ3n) is 1.99. The van der Waals surface area contributed by atoms with Gasteiger partial charge in [0, 0.05) is 18.6 Å². The summed E-state index contributed by atoms with van der Waals surface area (Å²) >= 11 is 0. The van der Waals surface area contributed by atoms with Crippen LogP contribution >= 0.6 is 0 Å². The van der Waals surface area contributed by atoms with E-state index >= 15 is 0 Å². The van der Waals surface area contributed by atoms with Crippen molar-refractivity contribution in [2.24, 2.45) is 5.73 Å². The predicted molar refractivity (Wildman–Crippen MR) is 65.6 cm³/mol. The van der Waals surface area contributed by atoms with Crippen LogP contribution in [0.5, 0.6) is 5.75 Å². The Kier molecular flexibility index (Phi) is 5.38. The van der Waals surface area contributed by atoms with E-state index in [1.807, 2.05) is 13.8 Å². The van der Waals surface area contributed by atoms with E-state index in [1.165, 1.54) is 12.1 Å². The average Bonchev–Trinajstić information content (AvgIpc) is 2.24. The molecule has 0 heterocycles.